The molecule has 1 fully saturated rings. The molecule has 18 heavy (non-hydrogen) atoms. The Morgan fingerprint density at radius 1 is 1.33 bits per heavy atom. The van der Waals surface area contributed by atoms with Crippen molar-refractivity contribution in [3.63, 3.8) is 0 Å². The monoisotopic (exact) mass is 259 g/mol. The van der Waals surface area contributed by atoms with Crippen LogP contribution in [0.15, 0.2) is 0 Å². The molecule has 0 aromatic carbocycles. The van der Waals surface area contributed by atoms with Gasteiger partial charge in [0.25, 0.3) is 0 Å². The number of carbonyl (C=O) groups excluding carboxylic acids is 1. The normalized spacial score (nSPS) is 19.3. The van der Waals surface area contributed by atoms with Crippen molar-refractivity contribution in [2.45, 2.75) is 44.8 Å². The second-order valence-electron chi connectivity index (χ2n) is 5.45. The lowest BCUT2D eigenvalue weighted by Crippen LogP contribution is -2.58. The van der Waals surface area contributed by atoms with Crippen LogP contribution in [0.1, 0.15) is 33.6 Å². The first-order valence-corrected chi connectivity index (χ1v) is 6.01. The minimum Gasteiger partial charge on any atom is -0.480 e. The van der Waals surface area contributed by atoms with Gasteiger partial charge in [-0.15, -0.1) is 0 Å². The Bertz CT molecular complexity index is 315. The highest BCUT2D eigenvalue weighted by Gasteiger charge is 2.41. The van der Waals surface area contributed by atoms with Crippen molar-refractivity contribution < 1.29 is 24.2 Å². The van der Waals surface area contributed by atoms with E-state index >= 15 is 0 Å². The summed E-state index contributed by atoms with van der Waals surface area (Å²) >= 11 is 0. The Morgan fingerprint density at radius 3 is 2.33 bits per heavy atom. The molecule has 0 aromatic rings. The summed E-state index contributed by atoms with van der Waals surface area (Å²) in [5, 5.41) is 11.8. The number of carboxylic acids is 1. The van der Waals surface area contributed by atoms with Crippen LogP contribution >= 0.6 is 0 Å². The Morgan fingerprint density at radius 2 is 1.89 bits per heavy atom. The minimum absolute atomic E-state index is 0.139. The van der Waals surface area contributed by atoms with Gasteiger partial charge in [0.1, 0.15) is 12.1 Å². The lowest BCUT2D eigenvalue weighted by atomic mass is 9.90. The topological polar surface area (TPSA) is 84.9 Å². The third kappa shape index (κ3) is 4.27. The maximum atomic E-state index is 11.7. The fourth-order valence-electron chi connectivity index (χ4n) is 1.70. The van der Waals surface area contributed by atoms with Crippen LogP contribution in [0, 0.1) is 0 Å². The number of carboxylic acid groups (broad SMARTS) is 1. The molecule has 0 bridgehead atoms. The number of hydrogen-bond donors (Lipinski definition) is 2. The first-order valence-electron chi connectivity index (χ1n) is 6.01. The van der Waals surface area contributed by atoms with Crippen molar-refractivity contribution >= 4 is 11.9 Å². The van der Waals surface area contributed by atoms with Crippen LogP contribution in [0.4, 0.5) is 0 Å². The second kappa shape index (κ2) is 5.67. The van der Waals surface area contributed by atoms with E-state index in [9.17, 15) is 14.7 Å². The highest BCUT2D eigenvalue weighted by Crippen LogP contribution is 2.21. The SMILES string of the molecule is CC(C)(C)OCC(=O)NC1(C(=O)O)CCOCC1. The molecular formula is C12H21NO5. The summed E-state index contributed by atoms with van der Waals surface area (Å²) < 4.78 is 10.4. The van der Waals surface area contributed by atoms with Crippen molar-refractivity contribution in [2.75, 3.05) is 19.8 Å². The highest BCUT2D eigenvalue weighted by atomic mass is 16.5. The van der Waals surface area contributed by atoms with E-state index < -0.39 is 23.0 Å². The molecule has 0 aliphatic carbocycles. The summed E-state index contributed by atoms with van der Waals surface area (Å²) in [5.74, 6) is -1.43. The largest absolute Gasteiger partial charge is 0.480 e. The van der Waals surface area contributed by atoms with Crippen LogP contribution in [0.25, 0.3) is 0 Å². The molecule has 2 N–H and O–H groups in total. The van der Waals surface area contributed by atoms with Gasteiger partial charge in [-0.05, 0) is 20.8 Å². The van der Waals surface area contributed by atoms with Crippen LogP contribution < -0.4 is 5.32 Å². The Kier molecular flexibility index (Phi) is 4.70. The molecule has 1 rings (SSSR count). The van der Waals surface area contributed by atoms with Gasteiger partial charge in [0.05, 0.1) is 5.60 Å². The average molecular weight is 259 g/mol. The molecule has 1 heterocycles. The van der Waals surface area contributed by atoms with Crippen LogP contribution in [0.3, 0.4) is 0 Å². The maximum Gasteiger partial charge on any atom is 0.329 e. The molecule has 6 nitrogen and oxygen atoms in total. The Hall–Kier alpha value is -1.14. The van der Waals surface area contributed by atoms with Crippen molar-refractivity contribution in [1.82, 2.24) is 5.32 Å². The van der Waals surface area contributed by atoms with E-state index in [4.69, 9.17) is 9.47 Å². The number of carbonyl (C=O) groups is 2. The van der Waals surface area contributed by atoms with Gasteiger partial charge in [0, 0.05) is 26.1 Å². The zero-order valence-electron chi connectivity index (χ0n) is 11.1. The molecular weight excluding hydrogens is 238 g/mol. The van der Waals surface area contributed by atoms with Gasteiger partial charge in [-0.25, -0.2) is 4.79 Å². The average Bonchev–Trinajstić information content (AvgIpc) is 2.26. The number of hydrogen-bond acceptors (Lipinski definition) is 4. The second-order valence-corrected chi connectivity index (χ2v) is 5.45. The third-order valence-corrected chi connectivity index (χ3v) is 2.77. The molecule has 0 atom stereocenters. The molecule has 1 aliphatic rings. The van der Waals surface area contributed by atoms with Gasteiger partial charge in [-0.1, -0.05) is 0 Å². The van der Waals surface area contributed by atoms with Gasteiger partial charge < -0.3 is 19.9 Å². The quantitative estimate of drug-likeness (QED) is 0.770. The summed E-state index contributed by atoms with van der Waals surface area (Å²) in [6.07, 6.45) is 0.563. The summed E-state index contributed by atoms with van der Waals surface area (Å²) in [5.41, 5.74) is -1.64. The summed E-state index contributed by atoms with van der Waals surface area (Å²) in [6.45, 7) is 6.05. The van der Waals surface area contributed by atoms with E-state index in [0.717, 1.165) is 0 Å². The van der Waals surface area contributed by atoms with Crippen LogP contribution in [0.5, 0.6) is 0 Å². The van der Waals surface area contributed by atoms with Crippen LogP contribution in [-0.4, -0.2) is 47.9 Å². The minimum atomic E-state index is -1.21. The molecule has 0 aromatic heterocycles. The number of ether oxygens (including phenoxy) is 2. The lowest BCUT2D eigenvalue weighted by Gasteiger charge is -2.34. The molecule has 6 heteroatoms. The fraction of sp³-hybridized carbons (Fsp3) is 0.833. The zero-order chi connectivity index (χ0) is 13.8. The van der Waals surface area contributed by atoms with Crippen LogP contribution in [0.2, 0.25) is 0 Å². The molecule has 1 aliphatic heterocycles. The number of rotatable bonds is 4. The fourth-order valence-corrected chi connectivity index (χ4v) is 1.70. The summed E-state index contributed by atoms with van der Waals surface area (Å²) in [6, 6.07) is 0. The number of nitrogens with one attached hydrogen (secondary N) is 1. The first kappa shape index (κ1) is 14.9. The first-order chi connectivity index (χ1) is 8.25. The summed E-state index contributed by atoms with van der Waals surface area (Å²) in [4.78, 5) is 23.0. The third-order valence-electron chi connectivity index (χ3n) is 2.77. The van der Waals surface area contributed by atoms with Crippen LogP contribution in [-0.2, 0) is 19.1 Å². The molecule has 0 unspecified atom stereocenters. The van der Waals surface area contributed by atoms with E-state index in [2.05, 4.69) is 5.32 Å². The van der Waals surface area contributed by atoms with Crippen molar-refractivity contribution in [3.8, 4) is 0 Å². The molecule has 1 amide bonds. The van der Waals surface area contributed by atoms with E-state index in [1.165, 1.54) is 0 Å². The van der Waals surface area contributed by atoms with Crippen molar-refractivity contribution in [2.24, 2.45) is 0 Å². The summed E-state index contributed by atoms with van der Waals surface area (Å²) in [7, 11) is 0. The Balaban J connectivity index is 2.56. The number of amides is 1. The zero-order valence-corrected chi connectivity index (χ0v) is 11.1. The number of aliphatic carboxylic acids is 1. The smallest absolute Gasteiger partial charge is 0.329 e. The molecule has 1 saturated heterocycles. The van der Waals surface area contributed by atoms with Gasteiger partial charge in [0.15, 0.2) is 0 Å². The van der Waals surface area contributed by atoms with E-state index in [0.29, 0.717) is 13.2 Å². The van der Waals surface area contributed by atoms with E-state index in [1.807, 2.05) is 20.8 Å². The van der Waals surface area contributed by atoms with E-state index in [-0.39, 0.29) is 19.4 Å². The molecule has 104 valence electrons. The maximum absolute atomic E-state index is 11.7. The lowest BCUT2D eigenvalue weighted by molar-refractivity contribution is -0.153. The standard InChI is InChI=1S/C12H21NO5/c1-11(2,3)18-8-9(14)13-12(10(15)16)4-6-17-7-5-12/h4-8H2,1-3H3,(H,13,14)(H,15,16). The van der Waals surface area contributed by atoms with E-state index in [1.54, 1.807) is 0 Å². The Labute approximate surface area is 107 Å². The van der Waals surface area contributed by atoms with Gasteiger partial charge in [-0.3, -0.25) is 4.79 Å². The van der Waals surface area contributed by atoms with Crippen molar-refractivity contribution in [1.29, 1.82) is 0 Å². The van der Waals surface area contributed by atoms with Gasteiger partial charge >= 0.3 is 5.97 Å². The molecule has 0 radical (unpaired) electrons. The molecule has 0 spiro atoms. The predicted octanol–water partition coefficient (Wildman–Crippen LogP) is 0.551. The predicted molar refractivity (Wildman–Crippen MR) is 64.3 cm³/mol. The highest BCUT2D eigenvalue weighted by molar-refractivity contribution is 5.87. The van der Waals surface area contributed by atoms with Gasteiger partial charge in [-0.2, -0.15) is 0 Å². The molecule has 0 saturated carbocycles. The van der Waals surface area contributed by atoms with Gasteiger partial charge in [0.2, 0.25) is 5.91 Å². The van der Waals surface area contributed by atoms with Crippen molar-refractivity contribution in [3.05, 3.63) is 0 Å².